The van der Waals surface area contributed by atoms with E-state index >= 15 is 0 Å². The van der Waals surface area contributed by atoms with Crippen LogP contribution in [0.5, 0.6) is 11.5 Å². The van der Waals surface area contributed by atoms with Crippen LogP contribution in [-0.2, 0) is 11.3 Å². The molecule has 138 valence electrons. The number of ketones is 1. The molecule has 27 heavy (non-hydrogen) atoms. The summed E-state index contributed by atoms with van der Waals surface area (Å²) in [6, 6.07) is 10.5. The fourth-order valence-corrected chi connectivity index (χ4v) is 3.09. The molecule has 4 rings (SSSR count). The molecule has 1 aromatic heterocycles. The second kappa shape index (κ2) is 6.77. The van der Waals surface area contributed by atoms with Gasteiger partial charge in [0.25, 0.3) is 5.91 Å². The Hall–Kier alpha value is -3.32. The number of amides is 1. The number of methoxy groups -OCH3 is 1. The zero-order valence-electron chi connectivity index (χ0n) is 14.8. The van der Waals surface area contributed by atoms with Crippen LogP contribution in [0.3, 0.4) is 0 Å². The van der Waals surface area contributed by atoms with Gasteiger partial charge in [-0.2, -0.15) is 0 Å². The molecule has 7 heteroatoms. The Balaban J connectivity index is 1.74. The van der Waals surface area contributed by atoms with Gasteiger partial charge in [-0.05, 0) is 19.1 Å². The summed E-state index contributed by atoms with van der Waals surface area (Å²) in [5.41, 5.74) is 1.90. The van der Waals surface area contributed by atoms with Crippen molar-refractivity contribution in [3.05, 3.63) is 53.3 Å². The lowest BCUT2D eigenvalue weighted by Gasteiger charge is -2.10. The summed E-state index contributed by atoms with van der Waals surface area (Å²) in [5, 5.41) is 3.56. The zero-order chi connectivity index (χ0) is 19.0. The first-order valence-electron chi connectivity index (χ1n) is 8.33. The van der Waals surface area contributed by atoms with Crippen molar-refractivity contribution in [3.63, 3.8) is 0 Å². The van der Waals surface area contributed by atoms with E-state index in [1.165, 1.54) is 6.92 Å². The van der Waals surface area contributed by atoms with Gasteiger partial charge in [0, 0.05) is 29.7 Å². The van der Waals surface area contributed by atoms with Crippen LogP contribution in [0, 0.1) is 0 Å². The number of para-hydroxylation sites is 1. The minimum absolute atomic E-state index is 0.0750. The van der Waals surface area contributed by atoms with Crippen molar-refractivity contribution in [2.45, 2.75) is 13.5 Å². The molecule has 0 radical (unpaired) electrons. The van der Waals surface area contributed by atoms with Crippen molar-refractivity contribution in [2.24, 2.45) is 0 Å². The lowest BCUT2D eigenvalue weighted by atomic mass is 10.1. The molecule has 0 spiro atoms. The van der Waals surface area contributed by atoms with E-state index in [4.69, 9.17) is 18.6 Å². The number of carbonyl (C=O) groups excluding carboxylic acids is 2. The number of ether oxygens (including phenoxy) is 3. The van der Waals surface area contributed by atoms with Crippen molar-refractivity contribution in [1.29, 1.82) is 0 Å². The summed E-state index contributed by atoms with van der Waals surface area (Å²) in [6.07, 6.45) is 0. The Kier molecular flexibility index (Phi) is 4.29. The molecule has 1 aliphatic heterocycles. The molecule has 1 amide bonds. The largest absolute Gasteiger partial charge is 0.454 e. The predicted octanol–water partition coefficient (Wildman–Crippen LogP) is 3.76. The maximum absolute atomic E-state index is 12.9. The molecule has 0 saturated heterocycles. The van der Waals surface area contributed by atoms with E-state index in [9.17, 15) is 9.59 Å². The Morgan fingerprint density at radius 3 is 2.63 bits per heavy atom. The normalized spacial score (nSPS) is 12.4. The van der Waals surface area contributed by atoms with Gasteiger partial charge in [-0.15, -0.1) is 0 Å². The highest BCUT2D eigenvalue weighted by Crippen LogP contribution is 2.37. The van der Waals surface area contributed by atoms with E-state index < -0.39 is 5.91 Å². The quantitative estimate of drug-likeness (QED) is 0.691. The minimum Gasteiger partial charge on any atom is -0.454 e. The maximum Gasteiger partial charge on any atom is 0.291 e. The Bertz CT molecular complexity index is 1050. The summed E-state index contributed by atoms with van der Waals surface area (Å²) < 4.78 is 21.6. The van der Waals surface area contributed by atoms with E-state index in [1.807, 2.05) is 18.2 Å². The van der Waals surface area contributed by atoms with Gasteiger partial charge >= 0.3 is 0 Å². The molecule has 3 aromatic rings. The first-order valence-corrected chi connectivity index (χ1v) is 8.33. The molecule has 2 heterocycles. The molecule has 0 aliphatic carbocycles. The van der Waals surface area contributed by atoms with E-state index in [1.54, 1.807) is 25.3 Å². The fraction of sp³-hybridized carbons (Fsp3) is 0.200. The van der Waals surface area contributed by atoms with Crippen molar-refractivity contribution < 1.29 is 28.2 Å². The predicted molar refractivity (Wildman–Crippen MR) is 97.4 cm³/mol. The average molecular weight is 367 g/mol. The van der Waals surface area contributed by atoms with E-state index in [-0.39, 0.29) is 24.9 Å². The fourth-order valence-electron chi connectivity index (χ4n) is 3.09. The third-order valence-corrected chi connectivity index (χ3v) is 4.33. The second-order valence-corrected chi connectivity index (χ2v) is 6.10. The standard InChI is InChI=1S/C20H17NO6/c1-11(22)13-7-17-18(26-10-25-17)8-15(13)21-20(23)19-14(9-24-2)12-5-3-4-6-16(12)27-19/h3-8H,9-10H2,1-2H3,(H,21,23). The summed E-state index contributed by atoms with van der Waals surface area (Å²) >= 11 is 0. The molecule has 7 nitrogen and oxygen atoms in total. The summed E-state index contributed by atoms with van der Waals surface area (Å²) in [4.78, 5) is 24.9. The van der Waals surface area contributed by atoms with Gasteiger partial charge in [0.15, 0.2) is 23.0 Å². The molecular formula is C20H17NO6. The third-order valence-electron chi connectivity index (χ3n) is 4.33. The number of fused-ring (bicyclic) bond motifs is 2. The average Bonchev–Trinajstić information content (AvgIpc) is 3.25. The lowest BCUT2D eigenvalue weighted by Crippen LogP contribution is -2.15. The smallest absolute Gasteiger partial charge is 0.291 e. The molecule has 1 N–H and O–H groups in total. The number of benzene rings is 2. The highest BCUT2D eigenvalue weighted by molar-refractivity contribution is 6.10. The Morgan fingerprint density at radius 2 is 1.89 bits per heavy atom. The number of carbonyl (C=O) groups is 2. The molecule has 1 aliphatic rings. The SMILES string of the molecule is COCc1c(C(=O)Nc2cc3c(cc2C(C)=O)OCO3)oc2ccccc12. The molecule has 0 bridgehead atoms. The highest BCUT2D eigenvalue weighted by Gasteiger charge is 2.24. The van der Waals surface area contributed by atoms with Crippen LogP contribution in [0.2, 0.25) is 0 Å². The number of anilines is 1. The van der Waals surface area contributed by atoms with Crippen molar-refractivity contribution in [1.82, 2.24) is 0 Å². The van der Waals surface area contributed by atoms with Crippen LogP contribution < -0.4 is 14.8 Å². The van der Waals surface area contributed by atoms with Crippen LogP contribution in [0.25, 0.3) is 11.0 Å². The number of hydrogen-bond acceptors (Lipinski definition) is 6. The van der Waals surface area contributed by atoms with Crippen molar-refractivity contribution >= 4 is 28.3 Å². The van der Waals surface area contributed by atoms with E-state index in [0.717, 1.165) is 5.39 Å². The first kappa shape index (κ1) is 17.1. The van der Waals surface area contributed by atoms with Gasteiger partial charge in [0.1, 0.15) is 5.58 Å². The number of nitrogens with one attached hydrogen (secondary N) is 1. The summed E-state index contributed by atoms with van der Waals surface area (Å²) in [7, 11) is 1.55. The number of hydrogen-bond donors (Lipinski definition) is 1. The van der Waals surface area contributed by atoms with Crippen LogP contribution >= 0.6 is 0 Å². The minimum atomic E-state index is -0.473. The van der Waals surface area contributed by atoms with Crippen molar-refractivity contribution in [3.8, 4) is 11.5 Å². The highest BCUT2D eigenvalue weighted by atomic mass is 16.7. The lowest BCUT2D eigenvalue weighted by molar-refractivity contribution is 0.0992. The molecule has 0 saturated carbocycles. The van der Waals surface area contributed by atoms with Crippen molar-refractivity contribution in [2.75, 3.05) is 19.2 Å². The molecule has 2 aromatic carbocycles. The Labute approximate surface area is 154 Å². The summed E-state index contributed by atoms with van der Waals surface area (Å²) in [6.45, 7) is 1.72. The molecule has 0 fully saturated rings. The number of furan rings is 1. The zero-order valence-corrected chi connectivity index (χ0v) is 14.8. The monoisotopic (exact) mass is 367 g/mol. The molecular weight excluding hydrogens is 350 g/mol. The van der Waals surface area contributed by atoms with Crippen LogP contribution in [0.15, 0.2) is 40.8 Å². The summed E-state index contributed by atoms with van der Waals surface area (Å²) in [5.74, 6) is 0.411. The van der Waals surface area contributed by atoms with E-state index in [2.05, 4.69) is 5.32 Å². The molecule has 0 unspecified atom stereocenters. The van der Waals surface area contributed by atoms with Gasteiger partial charge in [0.2, 0.25) is 6.79 Å². The Morgan fingerprint density at radius 1 is 1.15 bits per heavy atom. The van der Waals surface area contributed by atoms with Crippen LogP contribution in [0.4, 0.5) is 5.69 Å². The van der Waals surface area contributed by atoms with Gasteiger partial charge in [-0.3, -0.25) is 9.59 Å². The third kappa shape index (κ3) is 3.02. The second-order valence-electron chi connectivity index (χ2n) is 6.10. The van der Waals surface area contributed by atoms with E-state index in [0.29, 0.717) is 33.9 Å². The van der Waals surface area contributed by atoms with Gasteiger partial charge < -0.3 is 23.9 Å². The van der Waals surface area contributed by atoms with Gasteiger partial charge in [0.05, 0.1) is 12.3 Å². The van der Waals surface area contributed by atoms with Gasteiger partial charge in [-0.25, -0.2) is 0 Å². The number of Topliss-reactive ketones (excluding diaryl/α,β-unsaturated/α-hetero) is 1. The van der Waals surface area contributed by atoms with Crippen LogP contribution in [0.1, 0.15) is 33.4 Å². The molecule has 0 atom stereocenters. The maximum atomic E-state index is 12.9. The number of rotatable bonds is 5. The van der Waals surface area contributed by atoms with Gasteiger partial charge in [-0.1, -0.05) is 18.2 Å². The topological polar surface area (TPSA) is 87.0 Å². The first-order chi connectivity index (χ1) is 13.1. The van der Waals surface area contributed by atoms with Crippen LogP contribution in [-0.4, -0.2) is 25.6 Å².